The lowest BCUT2D eigenvalue weighted by molar-refractivity contribution is -0.125. The van der Waals surface area contributed by atoms with Gasteiger partial charge in [-0.1, -0.05) is 36.4 Å². The van der Waals surface area contributed by atoms with E-state index in [-0.39, 0.29) is 12.3 Å². The summed E-state index contributed by atoms with van der Waals surface area (Å²) in [6.45, 7) is 0.284. The Balaban J connectivity index is 2.26. The molecule has 3 amide bonds. The van der Waals surface area contributed by atoms with Crippen LogP contribution in [0.15, 0.2) is 48.5 Å². The standard InChI is InChI=1S/C18H20FN3O3/c1-22(11-12-8-9-15(25-2)14(19)10-12)16(17(23)21-18(20)24)13-6-4-3-5-7-13/h3-10,16H,11H2,1-2H3,(H3,20,21,23,24)/t16-/m0/s1. The molecule has 0 spiro atoms. The number of hydrogen-bond donors (Lipinski definition) is 2. The van der Waals surface area contributed by atoms with E-state index in [1.807, 2.05) is 6.07 Å². The molecule has 2 aromatic rings. The third kappa shape index (κ3) is 4.77. The molecule has 132 valence electrons. The van der Waals surface area contributed by atoms with Crippen molar-refractivity contribution >= 4 is 11.9 Å². The molecule has 0 fully saturated rings. The highest BCUT2D eigenvalue weighted by molar-refractivity contribution is 5.96. The summed E-state index contributed by atoms with van der Waals surface area (Å²) in [6.07, 6.45) is 0. The summed E-state index contributed by atoms with van der Waals surface area (Å²) in [5, 5.41) is 2.10. The first-order valence-electron chi connectivity index (χ1n) is 7.60. The van der Waals surface area contributed by atoms with Crippen molar-refractivity contribution < 1.29 is 18.7 Å². The Morgan fingerprint density at radius 1 is 1.24 bits per heavy atom. The predicted molar refractivity (Wildman–Crippen MR) is 91.3 cm³/mol. The average Bonchev–Trinajstić information content (AvgIpc) is 2.55. The van der Waals surface area contributed by atoms with Crippen molar-refractivity contribution in [1.29, 1.82) is 0 Å². The van der Waals surface area contributed by atoms with Crippen LogP contribution in [0.3, 0.4) is 0 Å². The fourth-order valence-electron chi connectivity index (χ4n) is 2.62. The second-order valence-electron chi connectivity index (χ2n) is 5.55. The number of carbonyl (C=O) groups excluding carboxylic acids is 2. The van der Waals surface area contributed by atoms with E-state index in [0.717, 1.165) is 0 Å². The second-order valence-corrected chi connectivity index (χ2v) is 5.55. The van der Waals surface area contributed by atoms with Crippen molar-refractivity contribution in [1.82, 2.24) is 10.2 Å². The van der Waals surface area contributed by atoms with Crippen molar-refractivity contribution in [2.45, 2.75) is 12.6 Å². The highest BCUT2D eigenvalue weighted by Gasteiger charge is 2.26. The zero-order valence-corrected chi connectivity index (χ0v) is 14.0. The minimum atomic E-state index is -0.921. The van der Waals surface area contributed by atoms with E-state index in [4.69, 9.17) is 10.5 Å². The van der Waals surface area contributed by atoms with Gasteiger partial charge in [-0.15, -0.1) is 0 Å². The molecule has 7 heteroatoms. The van der Waals surface area contributed by atoms with Gasteiger partial charge in [0, 0.05) is 6.54 Å². The number of urea groups is 1. The van der Waals surface area contributed by atoms with Gasteiger partial charge in [-0.25, -0.2) is 9.18 Å². The Hall–Kier alpha value is -2.93. The number of amides is 3. The molecule has 0 bridgehead atoms. The van der Waals surface area contributed by atoms with E-state index in [1.165, 1.54) is 19.2 Å². The van der Waals surface area contributed by atoms with E-state index in [1.54, 1.807) is 42.3 Å². The molecule has 2 rings (SSSR count). The number of methoxy groups -OCH3 is 1. The molecular formula is C18H20FN3O3. The van der Waals surface area contributed by atoms with Crippen LogP contribution in [0.5, 0.6) is 5.75 Å². The molecule has 0 aliphatic heterocycles. The smallest absolute Gasteiger partial charge is 0.318 e. The largest absolute Gasteiger partial charge is 0.494 e. The summed E-state index contributed by atoms with van der Waals surface area (Å²) in [5.41, 5.74) is 6.41. The number of nitrogens with two attached hydrogens (primary N) is 1. The number of rotatable bonds is 6. The zero-order valence-electron chi connectivity index (χ0n) is 14.0. The van der Waals surface area contributed by atoms with E-state index in [0.29, 0.717) is 11.1 Å². The van der Waals surface area contributed by atoms with E-state index in [2.05, 4.69) is 5.32 Å². The number of nitrogens with zero attached hydrogens (tertiary/aromatic N) is 1. The zero-order chi connectivity index (χ0) is 18.4. The molecule has 0 aliphatic carbocycles. The fourth-order valence-corrected chi connectivity index (χ4v) is 2.62. The summed E-state index contributed by atoms with van der Waals surface area (Å²) < 4.78 is 18.8. The lowest BCUT2D eigenvalue weighted by atomic mass is 10.0. The third-order valence-corrected chi connectivity index (χ3v) is 3.70. The van der Waals surface area contributed by atoms with Gasteiger partial charge in [-0.2, -0.15) is 0 Å². The Kier molecular flexibility index (Phi) is 6.08. The molecule has 0 unspecified atom stereocenters. The summed E-state index contributed by atoms with van der Waals surface area (Å²) >= 11 is 0. The molecule has 0 radical (unpaired) electrons. The minimum Gasteiger partial charge on any atom is -0.494 e. The number of ether oxygens (including phenoxy) is 1. The molecule has 25 heavy (non-hydrogen) atoms. The van der Waals surface area contributed by atoms with Crippen LogP contribution in [-0.2, 0) is 11.3 Å². The van der Waals surface area contributed by atoms with Crippen molar-refractivity contribution in [2.75, 3.05) is 14.2 Å². The molecule has 0 aliphatic rings. The van der Waals surface area contributed by atoms with Crippen LogP contribution >= 0.6 is 0 Å². The van der Waals surface area contributed by atoms with Crippen LogP contribution in [-0.4, -0.2) is 31.0 Å². The topological polar surface area (TPSA) is 84.7 Å². The Morgan fingerprint density at radius 2 is 1.92 bits per heavy atom. The SMILES string of the molecule is COc1ccc(CN(C)[C@H](C(=O)NC(N)=O)c2ccccc2)cc1F. The van der Waals surface area contributed by atoms with Gasteiger partial charge in [0.15, 0.2) is 11.6 Å². The number of carbonyl (C=O) groups is 2. The summed E-state index contributed by atoms with van der Waals surface area (Å²) in [4.78, 5) is 25.2. The number of halogens is 1. The van der Waals surface area contributed by atoms with Crippen LogP contribution in [0.2, 0.25) is 0 Å². The van der Waals surface area contributed by atoms with Crippen LogP contribution < -0.4 is 15.8 Å². The monoisotopic (exact) mass is 345 g/mol. The lowest BCUT2D eigenvalue weighted by Crippen LogP contribution is -2.43. The molecule has 0 saturated heterocycles. The van der Waals surface area contributed by atoms with Crippen LogP contribution in [0.1, 0.15) is 17.2 Å². The summed E-state index contributed by atoms with van der Waals surface area (Å²) in [7, 11) is 3.10. The molecular weight excluding hydrogens is 325 g/mol. The maximum Gasteiger partial charge on any atom is 0.318 e. The van der Waals surface area contributed by atoms with Gasteiger partial charge < -0.3 is 10.5 Å². The minimum absolute atomic E-state index is 0.150. The Bertz CT molecular complexity index is 752. The molecule has 6 nitrogen and oxygen atoms in total. The normalized spacial score (nSPS) is 11.8. The summed E-state index contributed by atoms with van der Waals surface area (Å²) in [6, 6.07) is 11.9. The van der Waals surface area contributed by atoms with Gasteiger partial charge in [0.1, 0.15) is 6.04 Å². The van der Waals surface area contributed by atoms with Gasteiger partial charge in [0.25, 0.3) is 0 Å². The number of primary amides is 1. The molecule has 0 saturated carbocycles. The van der Waals surface area contributed by atoms with Crippen molar-refractivity contribution in [3.05, 3.63) is 65.5 Å². The number of likely N-dealkylation sites (N-methyl/N-ethyl adjacent to an activating group) is 1. The average molecular weight is 345 g/mol. The lowest BCUT2D eigenvalue weighted by Gasteiger charge is -2.27. The maximum atomic E-state index is 13.9. The Morgan fingerprint density at radius 3 is 2.48 bits per heavy atom. The van der Waals surface area contributed by atoms with E-state index < -0.39 is 23.8 Å². The highest BCUT2D eigenvalue weighted by atomic mass is 19.1. The first-order chi connectivity index (χ1) is 11.9. The van der Waals surface area contributed by atoms with Crippen LogP contribution in [0.4, 0.5) is 9.18 Å². The molecule has 2 aromatic carbocycles. The first kappa shape index (κ1) is 18.4. The quantitative estimate of drug-likeness (QED) is 0.841. The van der Waals surface area contributed by atoms with E-state index in [9.17, 15) is 14.0 Å². The molecule has 0 heterocycles. The van der Waals surface area contributed by atoms with Crippen molar-refractivity contribution in [3.8, 4) is 5.75 Å². The third-order valence-electron chi connectivity index (χ3n) is 3.70. The second kappa shape index (κ2) is 8.25. The highest BCUT2D eigenvalue weighted by Crippen LogP contribution is 2.24. The number of nitrogens with one attached hydrogen (secondary N) is 1. The van der Waals surface area contributed by atoms with Crippen LogP contribution in [0.25, 0.3) is 0 Å². The van der Waals surface area contributed by atoms with Gasteiger partial charge in [0.05, 0.1) is 7.11 Å². The van der Waals surface area contributed by atoms with Gasteiger partial charge in [0.2, 0.25) is 5.91 Å². The number of benzene rings is 2. The van der Waals surface area contributed by atoms with Gasteiger partial charge in [-0.05, 0) is 30.3 Å². The molecule has 3 N–H and O–H groups in total. The van der Waals surface area contributed by atoms with Gasteiger partial charge in [-0.3, -0.25) is 15.0 Å². The van der Waals surface area contributed by atoms with Crippen molar-refractivity contribution in [2.24, 2.45) is 5.73 Å². The van der Waals surface area contributed by atoms with Gasteiger partial charge >= 0.3 is 6.03 Å². The number of hydrogen-bond acceptors (Lipinski definition) is 4. The molecule has 1 atom stereocenters. The predicted octanol–water partition coefficient (Wildman–Crippen LogP) is 2.20. The van der Waals surface area contributed by atoms with E-state index >= 15 is 0 Å². The van der Waals surface area contributed by atoms with Crippen molar-refractivity contribution in [3.63, 3.8) is 0 Å². The Labute approximate surface area is 145 Å². The fraction of sp³-hybridized carbons (Fsp3) is 0.222. The number of imide groups is 1. The summed E-state index contributed by atoms with van der Waals surface area (Å²) in [5.74, 6) is -0.876. The van der Waals surface area contributed by atoms with Crippen LogP contribution in [0, 0.1) is 5.82 Å². The maximum absolute atomic E-state index is 13.9. The first-order valence-corrected chi connectivity index (χ1v) is 7.60. The molecule has 0 aromatic heterocycles.